The summed E-state index contributed by atoms with van der Waals surface area (Å²) in [7, 11) is 1.74. The van der Waals surface area contributed by atoms with Crippen LogP contribution in [0.4, 0.5) is 5.69 Å². The average molecular weight is 370 g/mol. The molecule has 5 nitrogen and oxygen atoms in total. The maximum Gasteiger partial charge on any atom is 0.307 e. The van der Waals surface area contributed by atoms with E-state index >= 15 is 0 Å². The zero-order chi connectivity index (χ0) is 18.8. The van der Waals surface area contributed by atoms with Crippen molar-refractivity contribution in [1.29, 1.82) is 0 Å². The number of benzene rings is 2. The van der Waals surface area contributed by atoms with Crippen molar-refractivity contribution in [2.24, 2.45) is 7.05 Å². The standard InChI is InChI=1S/C20H22N2O3S/c1-5-17(25-15-8-6-12(2)13(3)10-15)19(23)21-14-7-9-16-18(11-14)26-20(24)22(16)4/h6-11,17H,5H2,1-4H3,(H,21,23)/t17-/m1/s1. The summed E-state index contributed by atoms with van der Waals surface area (Å²) < 4.78 is 8.33. The number of nitrogens with zero attached hydrogens (tertiary/aromatic N) is 1. The van der Waals surface area contributed by atoms with Crippen molar-refractivity contribution in [3.63, 3.8) is 0 Å². The van der Waals surface area contributed by atoms with Crippen LogP contribution in [-0.4, -0.2) is 16.6 Å². The highest BCUT2D eigenvalue weighted by Crippen LogP contribution is 2.22. The number of aromatic nitrogens is 1. The molecule has 3 aromatic rings. The van der Waals surface area contributed by atoms with Gasteiger partial charge in [-0.05, 0) is 61.7 Å². The van der Waals surface area contributed by atoms with Crippen molar-refractivity contribution in [3.8, 4) is 5.75 Å². The molecule has 26 heavy (non-hydrogen) atoms. The highest BCUT2D eigenvalue weighted by atomic mass is 32.1. The molecule has 0 aliphatic carbocycles. The maximum atomic E-state index is 12.6. The number of nitrogens with one attached hydrogen (secondary N) is 1. The normalized spacial score (nSPS) is 12.2. The molecule has 6 heteroatoms. The van der Waals surface area contributed by atoms with Crippen LogP contribution >= 0.6 is 11.3 Å². The number of thiazole rings is 1. The van der Waals surface area contributed by atoms with Gasteiger partial charge in [-0.15, -0.1) is 0 Å². The number of ether oxygens (including phenoxy) is 1. The Kier molecular flexibility index (Phi) is 5.13. The number of carbonyl (C=O) groups excluding carboxylic acids is 1. The van der Waals surface area contributed by atoms with Crippen LogP contribution in [0, 0.1) is 13.8 Å². The Morgan fingerprint density at radius 2 is 1.96 bits per heavy atom. The van der Waals surface area contributed by atoms with Crippen LogP contribution in [0.25, 0.3) is 10.2 Å². The van der Waals surface area contributed by atoms with Crippen molar-refractivity contribution in [2.75, 3.05) is 5.32 Å². The summed E-state index contributed by atoms with van der Waals surface area (Å²) in [6.45, 7) is 5.97. The molecule has 1 amide bonds. The lowest BCUT2D eigenvalue weighted by Gasteiger charge is -2.18. The van der Waals surface area contributed by atoms with Gasteiger partial charge in [0.25, 0.3) is 5.91 Å². The average Bonchev–Trinajstić information content (AvgIpc) is 2.89. The van der Waals surface area contributed by atoms with Gasteiger partial charge in [0.2, 0.25) is 0 Å². The fourth-order valence-corrected chi connectivity index (χ4v) is 3.63. The molecule has 0 bridgehead atoms. The van der Waals surface area contributed by atoms with Crippen LogP contribution in [0.1, 0.15) is 24.5 Å². The number of aryl methyl sites for hydroxylation is 3. The van der Waals surface area contributed by atoms with Crippen LogP contribution in [0.2, 0.25) is 0 Å². The molecule has 0 spiro atoms. The smallest absolute Gasteiger partial charge is 0.307 e. The molecule has 3 rings (SSSR count). The minimum absolute atomic E-state index is 0.0204. The fraction of sp³-hybridized carbons (Fsp3) is 0.300. The number of hydrogen-bond acceptors (Lipinski definition) is 4. The van der Waals surface area contributed by atoms with Gasteiger partial charge in [0.15, 0.2) is 6.10 Å². The monoisotopic (exact) mass is 370 g/mol. The van der Waals surface area contributed by atoms with Crippen molar-refractivity contribution in [2.45, 2.75) is 33.3 Å². The Morgan fingerprint density at radius 1 is 1.19 bits per heavy atom. The third kappa shape index (κ3) is 3.65. The number of anilines is 1. The number of rotatable bonds is 5. The molecule has 0 radical (unpaired) electrons. The van der Waals surface area contributed by atoms with Gasteiger partial charge >= 0.3 is 4.87 Å². The Balaban J connectivity index is 1.76. The second kappa shape index (κ2) is 7.33. The van der Waals surface area contributed by atoms with Crippen LogP contribution in [0.15, 0.2) is 41.2 Å². The van der Waals surface area contributed by atoms with Crippen molar-refractivity contribution in [3.05, 3.63) is 57.2 Å². The second-order valence-electron chi connectivity index (χ2n) is 6.36. The summed E-state index contributed by atoms with van der Waals surface area (Å²) in [5, 5.41) is 2.89. The molecule has 0 aliphatic rings. The maximum absolute atomic E-state index is 12.6. The minimum Gasteiger partial charge on any atom is -0.481 e. The van der Waals surface area contributed by atoms with Gasteiger partial charge in [0, 0.05) is 12.7 Å². The van der Waals surface area contributed by atoms with Gasteiger partial charge in [-0.2, -0.15) is 0 Å². The second-order valence-corrected chi connectivity index (χ2v) is 7.35. The van der Waals surface area contributed by atoms with E-state index in [-0.39, 0.29) is 10.8 Å². The van der Waals surface area contributed by atoms with E-state index in [1.54, 1.807) is 17.7 Å². The number of amides is 1. The first kappa shape index (κ1) is 18.2. The van der Waals surface area contributed by atoms with E-state index < -0.39 is 6.10 Å². The minimum atomic E-state index is -0.581. The zero-order valence-electron chi connectivity index (χ0n) is 15.3. The van der Waals surface area contributed by atoms with Gasteiger partial charge in [-0.25, -0.2) is 0 Å². The first-order valence-corrected chi connectivity index (χ1v) is 9.35. The Labute approximate surface area is 156 Å². The molecule has 0 saturated heterocycles. The highest BCUT2D eigenvalue weighted by Gasteiger charge is 2.19. The summed E-state index contributed by atoms with van der Waals surface area (Å²) in [6, 6.07) is 11.3. The zero-order valence-corrected chi connectivity index (χ0v) is 16.1. The van der Waals surface area contributed by atoms with Gasteiger partial charge in [0.05, 0.1) is 10.2 Å². The predicted octanol–water partition coefficient (Wildman–Crippen LogP) is 4.01. The summed E-state index contributed by atoms with van der Waals surface area (Å²) in [5.74, 6) is 0.486. The lowest BCUT2D eigenvalue weighted by Crippen LogP contribution is -2.32. The van der Waals surface area contributed by atoms with E-state index in [0.29, 0.717) is 17.9 Å². The number of hydrogen-bond donors (Lipinski definition) is 1. The Bertz CT molecular complexity index is 1020. The molecular weight excluding hydrogens is 348 g/mol. The molecule has 1 atom stereocenters. The van der Waals surface area contributed by atoms with Crippen molar-refractivity contribution >= 4 is 33.1 Å². The van der Waals surface area contributed by atoms with E-state index in [1.807, 2.05) is 51.1 Å². The lowest BCUT2D eigenvalue weighted by atomic mass is 10.1. The van der Waals surface area contributed by atoms with Crippen LogP contribution < -0.4 is 14.9 Å². The molecule has 1 N–H and O–H groups in total. The molecule has 136 valence electrons. The largest absolute Gasteiger partial charge is 0.481 e. The SMILES string of the molecule is CC[C@@H](Oc1ccc(C)c(C)c1)C(=O)Nc1ccc2c(c1)sc(=O)n2C. The Morgan fingerprint density at radius 3 is 2.65 bits per heavy atom. The van der Waals surface area contributed by atoms with E-state index in [2.05, 4.69) is 5.32 Å². The van der Waals surface area contributed by atoms with E-state index in [4.69, 9.17) is 4.74 Å². The van der Waals surface area contributed by atoms with Gasteiger partial charge < -0.3 is 14.6 Å². The molecule has 0 aliphatic heterocycles. The van der Waals surface area contributed by atoms with Gasteiger partial charge in [-0.3, -0.25) is 9.59 Å². The quantitative estimate of drug-likeness (QED) is 0.738. The van der Waals surface area contributed by atoms with Crippen molar-refractivity contribution in [1.82, 2.24) is 4.57 Å². The third-order valence-corrected chi connectivity index (χ3v) is 5.48. The molecular formula is C20H22N2O3S. The number of carbonyl (C=O) groups is 1. The van der Waals surface area contributed by atoms with Gasteiger partial charge in [0.1, 0.15) is 5.75 Å². The fourth-order valence-electron chi connectivity index (χ4n) is 2.71. The first-order chi connectivity index (χ1) is 12.4. The van der Waals surface area contributed by atoms with E-state index in [1.165, 1.54) is 5.56 Å². The van der Waals surface area contributed by atoms with E-state index in [9.17, 15) is 9.59 Å². The molecule has 1 heterocycles. The van der Waals surface area contributed by atoms with Crippen LogP contribution in [-0.2, 0) is 11.8 Å². The highest BCUT2D eigenvalue weighted by molar-refractivity contribution is 7.16. The molecule has 1 aromatic heterocycles. The number of fused-ring (bicyclic) bond motifs is 1. The summed E-state index contributed by atoms with van der Waals surface area (Å²) in [4.78, 5) is 24.3. The predicted molar refractivity (Wildman–Crippen MR) is 106 cm³/mol. The summed E-state index contributed by atoms with van der Waals surface area (Å²) in [6.07, 6.45) is -0.0260. The first-order valence-electron chi connectivity index (χ1n) is 8.53. The van der Waals surface area contributed by atoms with Gasteiger partial charge in [-0.1, -0.05) is 24.3 Å². The third-order valence-electron chi connectivity index (χ3n) is 4.48. The summed E-state index contributed by atoms with van der Waals surface area (Å²) in [5.41, 5.74) is 3.83. The lowest BCUT2D eigenvalue weighted by molar-refractivity contribution is -0.122. The van der Waals surface area contributed by atoms with Crippen LogP contribution in [0.5, 0.6) is 5.75 Å². The Hall–Kier alpha value is -2.60. The van der Waals surface area contributed by atoms with Crippen LogP contribution in [0.3, 0.4) is 0 Å². The molecule has 2 aromatic carbocycles. The van der Waals surface area contributed by atoms with Crippen molar-refractivity contribution < 1.29 is 9.53 Å². The topological polar surface area (TPSA) is 60.3 Å². The molecule has 0 saturated carbocycles. The molecule has 0 unspecified atom stereocenters. The van der Waals surface area contributed by atoms with E-state index in [0.717, 1.165) is 27.1 Å². The summed E-state index contributed by atoms with van der Waals surface area (Å²) >= 11 is 1.16. The molecule has 0 fully saturated rings.